The van der Waals surface area contributed by atoms with Crippen molar-refractivity contribution in [1.82, 2.24) is 10.2 Å². The third kappa shape index (κ3) is 6.21. The molecule has 1 aliphatic rings. The lowest BCUT2D eigenvalue weighted by Gasteiger charge is -2.16. The number of hydrogen-bond acceptors (Lipinski definition) is 5. The summed E-state index contributed by atoms with van der Waals surface area (Å²) in [5.74, 6) is 0.241. The molecule has 0 fully saturated rings. The van der Waals surface area contributed by atoms with Crippen molar-refractivity contribution in [2.75, 3.05) is 21.1 Å². The summed E-state index contributed by atoms with van der Waals surface area (Å²) in [5, 5.41) is 19.0. The van der Waals surface area contributed by atoms with Gasteiger partial charge in [-0.05, 0) is 6.08 Å². The van der Waals surface area contributed by atoms with Crippen LogP contribution in [0.25, 0.3) is 0 Å². The van der Waals surface area contributed by atoms with Crippen LogP contribution in [0.2, 0.25) is 0 Å². The van der Waals surface area contributed by atoms with E-state index in [-0.39, 0.29) is 5.84 Å². The molecule has 0 saturated carbocycles. The molecule has 5 N–H and O–H groups in total. The van der Waals surface area contributed by atoms with E-state index in [0.29, 0.717) is 0 Å². The third-order valence-corrected chi connectivity index (χ3v) is 1.71. The fourth-order valence-electron chi connectivity index (χ4n) is 0.954. The number of aliphatic imine (C=N–C) groups is 1. The average Bonchev–Trinajstić information content (AvgIpc) is 2.25. The summed E-state index contributed by atoms with van der Waals surface area (Å²) in [4.78, 5) is 14.9. The molecular formula is C10H18N4O3. The summed E-state index contributed by atoms with van der Waals surface area (Å²) < 4.78 is 0. The molecule has 0 aromatic heterocycles. The number of aliphatic hydroxyl groups excluding tert-OH is 1. The summed E-state index contributed by atoms with van der Waals surface area (Å²) in [6, 6.07) is 0. The van der Waals surface area contributed by atoms with Gasteiger partial charge in [0, 0.05) is 39.1 Å². The van der Waals surface area contributed by atoms with Crippen molar-refractivity contribution in [3.63, 3.8) is 0 Å². The van der Waals surface area contributed by atoms with Gasteiger partial charge < -0.3 is 26.2 Å². The quantitative estimate of drug-likeness (QED) is 0.498. The van der Waals surface area contributed by atoms with Gasteiger partial charge in [0.2, 0.25) is 0 Å². The van der Waals surface area contributed by atoms with Gasteiger partial charge in [0.1, 0.15) is 11.9 Å². The second-order valence-corrected chi connectivity index (χ2v) is 3.42. The molecule has 0 radical (unpaired) electrons. The molecule has 0 aliphatic carbocycles. The molecule has 0 aromatic rings. The zero-order valence-electron chi connectivity index (χ0n) is 10.1. The first-order valence-corrected chi connectivity index (χ1v) is 4.85. The predicted molar refractivity (Wildman–Crippen MR) is 65.6 cm³/mol. The van der Waals surface area contributed by atoms with Gasteiger partial charge in [0.05, 0.1) is 0 Å². The van der Waals surface area contributed by atoms with Gasteiger partial charge in [-0.2, -0.15) is 0 Å². The van der Waals surface area contributed by atoms with Crippen LogP contribution in [0, 0.1) is 0 Å². The molecule has 0 aromatic carbocycles. The van der Waals surface area contributed by atoms with E-state index in [1.54, 1.807) is 12.3 Å². The van der Waals surface area contributed by atoms with Crippen LogP contribution in [0.1, 0.15) is 0 Å². The van der Waals surface area contributed by atoms with Crippen LogP contribution in [-0.2, 0) is 0 Å². The van der Waals surface area contributed by atoms with Crippen LogP contribution in [0.15, 0.2) is 29.0 Å². The van der Waals surface area contributed by atoms with Crippen LogP contribution in [0.5, 0.6) is 0 Å². The van der Waals surface area contributed by atoms with Gasteiger partial charge in [0.25, 0.3) is 0 Å². The largest absolute Gasteiger partial charge is 0.465 e. The SMILES string of the molecule is CN(C)C=C1C=CN=C(N)C1O.CNC(=O)O. The number of rotatable bonds is 1. The summed E-state index contributed by atoms with van der Waals surface area (Å²) in [6.07, 6.45) is 3.36. The van der Waals surface area contributed by atoms with E-state index in [4.69, 9.17) is 10.8 Å². The highest BCUT2D eigenvalue weighted by Crippen LogP contribution is 2.09. The standard InChI is InChI=1S/C8H13N3O.C2H5NO2/c1-11(2)5-6-3-4-10-8(9)7(6)12;1-3-2(4)5/h3-5,7,12H,1-2H3,(H2,9,10);3H,1H3,(H,4,5). The molecule has 1 unspecified atom stereocenters. The van der Waals surface area contributed by atoms with Crippen LogP contribution in [0.3, 0.4) is 0 Å². The number of carbonyl (C=O) groups is 1. The molecule has 0 bridgehead atoms. The first-order valence-electron chi connectivity index (χ1n) is 4.85. The van der Waals surface area contributed by atoms with Gasteiger partial charge in [-0.3, -0.25) is 0 Å². The summed E-state index contributed by atoms with van der Waals surface area (Å²) >= 11 is 0. The highest BCUT2D eigenvalue weighted by atomic mass is 16.4. The summed E-state index contributed by atoms with van der Waals surface area (Å²) in [7, 11) is 5.12. The van der Waals surface area contributed by atoms with Crippen LogP contribution in [0.4, 0.5) is 4.79 Å². The minimum Gasteiger partial charge on any atom is -0.465 e. The van der Waals surface area contributed by atoms with Gasteiger partial charge in [-0.1, -0.05) is 0 Å². The lowest BCUT2D eigenvalue weighted by molar-refractivity contribution is 0.197. The van der Waals surface area contributed by atoms with Crippen LogP contribution in [-0.4, -0.2) is 54.3 Å². The molecule has 7 heteroatoms. The smallest absolute Gasteiger partial charge is 0.404 e. The zero-order valence-corrected chi connectivity index (χ0v) is 10.1. The Labute approximate surface area is 99.9 Å². The molecule has 0 spiro atoms. The maximum absolute atomic E-state index is 9.48. The van der Waals surface area contributed by atoms with E-state index >= 15 is 0 Å². The van der Waals surface area contributed by atoms with E-state index in [1.807, 2.05) is 30.5 Å². The predicted octanol–water partition coefficient (Wildman–Crippen LogP) is -0.439. The Morgan fingerprint density at radius 1 is 1.65 bits per heavy atom. The molecule has 1 aliphatic heterocycles. The Morgan fingerprint density at radius 3 is 2.59 bits per heavy atom. The fourth-order valence-corrected chi connectivity index (χ4v) is 0.954. The van der Waals surface area contributed by atoms with Crippen molar-refractivity contribution in [2.45, 2.75) is 6.10 Å². The number of nitrogens with one attached hydrogen (secondary N) is 1. The van der Waals surface area contributed by atoms with Crippen molar-refractivity contribution in [3.05, 3.63) is 24.0 Å². The molecule has 7 nitrogen and oxygen atoms in total. The maximum atomic E-state index is 9.48. The first kappa shape index (κ1) is 15.0. The van der Waals surface area contributed by atoms with E-state index in [2.05, 4.69) is 4.99 Å². The van der Waals surface area contributed by atoms with Gasteiger partial charge in [-0.15, -0.1) is 0 Å². The van der Waals surface area contributed by atoms with Gasteiger partial charge in [0.15, 0.2) is 0 Å². The van der Waals surface area contributed by atoms with E-state index in [1.165, 1.54) is 7.05 Å². The molecule has 1 atom stereocenters. The van der Waals surface area contributed by atoms with Crippen molar-refractivity contribution in [3.8, 4) is 0 Å². The van der Waals surface area contributed by atoms with Crippen molar-refractivity contribution in [1.29, 1.82) is 0 Å². The van der Waals surface area contributed by atoms with E-state index < -0.39 is 12.2 Å². The van der Waals surface area contributed by atoms with Crippen molar-refractivity contribution < 1.29 is 15.0 Å². The van der Waals surface area contributed by atoms with Crippen LogP contribution < -0.4 is 11.1 Å². The maximum Gasteiger partial charge on any atom is 0.404 e. The third-order valence-electron chi connectivity index (χ3n) is 1.71. The number of aliphatic hydroxyl groups is 1. The lowest BCUT2D eigenvalue weighted by atomic mass is 10.1. The second kappa shape index (κ2) is 7.29. The van der Waals surface area contributed by atoms with Gasteiger partial charge >= 0.3 is 6.09 Å². The lowest BCUT2D eigenvalue weighted by Crippen LogP contribution is -2.32. The number of nitrogens with two attached hydrogens (primary N) is 1. The topological polar surface area (TPSA) is 111 Å². The molecule has 96 valence electrons. The van der Waals surface area contributed by atoms with Crippen molar-refractivity contribution in [2.24, 2.45) is 10.7 Å². The highest BCUT2D eigenvalue weighted by molar-refractivity contribution is 5.89. The summed E-state index contributed by atoms with van der Waals surface area (Å²) in [6.45, 7) is 0. The summed E-state index contributed by atoms with van der Waals surface area (Å²) in [5.41, 5.74) is 6.19. The highest BCUT2D eigenvalue weighted by Gasteiger charge is 2.15. The monoisotopic (exact) mass is 242 g/mol. The Morgan fingerprint density at radius 2 is 2.18 bits per heavy atom. The molecule has 1 heterocycles. The normalized spacial score (nSPS) is 20.1. The minimum absolute atomic E-state index is 0.241. The number of amides is 1. The molecule has 1 rings (SSSR count). The Balaban J connectivity index is 0.000000437. The Hall–Kier alpha value is -2.02. The number of hydrogen-bond donors (Lipinski definition) is 4. The van der Waals surface area contributed by atoms with Gasteiger partial charge in [-0.25, -0.2) is 9.79 Å². The van der Waals surface area contributed by atoms with Crippen LogP contribution >= 0.6 is 0 Å². The first-order chi connectivity index (χ1) is 7.88. The second-order valence-electron chi connectivity index (χ2n) is 3.42. The zero-order chi connectivity index (χ0) is 13.4. The Kier molecular flexibility index (Phi) is 6.42. The Bertz CT molecular complexity index is 347. The number of nitrogens with zero attached hydrogens (tertiary/aromatic N) is 2. The molecular weight excluding hydrogens is 224 g/mol. The number of amidine groups is 1. The fraction of sp³-hybridized carbons (Fsp3) is 0.400. The molecule has 17 heavy (non-hydrogen) atoms. The molecule has 1 amide bonds. The average molecular weight is 242 g/mol. The minimum atomic E-state index is -0.995. The van der Waals surface area contributed by atoms with E-state index in [0.717, 1.165) is 5.57 Å². The number of carboxylic acid groups (broad SMARTS) is 1. The van der Waals surface area contributed by atoms with Crippen molar-refractivity contribution >= 4 is 11.9 Å². The van der Waals surface area contributed by atoms with E-state index in [9.17, 15) is 9.90 Å². The molecule has 0 saturated heterocycles.